The van der Waals surface area contributed by atoms with Crippen molar-refractivity contribution in [2.75, 3.05) is 68.7 Å². The normalized spacial score (nSPS) is 16.7. The lowest BCUT2D eigenvalue weighted by Gasteiger charge is -2.37. The van der Waals surface area contributed by atoms with Crippen molar-refractivity contribution in [2.45, 2.75) is 12.8 Å². The Bertz CT molecular complexity index is 1310. The summed E-state index contributed by atoms with van der Waals surface area (Å²) in [4.78, 5) is 14.0. The van der Waals surface area contributed by atoms with Gasteiger partial charge in [-0.15, -0.1) is 0 Å². The highest BCUT2D eigenvalue weighted by molar-refractivity contribution is 9.10. The molecule has 1 aromatic heterocycles. The molecule has 1 fully saturated rings. The van der Waals surface area contributed by atoms with E-state index in [2.05, 4.69) is 59.4 Å². The van der Waals surface area contributed by atoms with Crippen LogP contribution in [0.3, 0.4) is 0 Å². The van der Waals surface area contributed by atoms with Crippen LogP contribution in [0, 0.1) is 5.92 Å². The molecule has 196 valence electrons. The van der Waals surface area contributed by atoms with Gasteiger partial charge in [0.2, 0.25) is 5.95 Å². The van der Waals surface area contributed by atoms with Crippen molar-refractivity contribution >= 4 is 57.2 Å². The number of hydrogen-bond acceptors (Lipinski definition) is 8. The van der Waals surface area contributed by atoms with Gasteiger partial charge < -0.3 is 29.7 Å². The third kappa shape index (κ3) is 6.28. The number of ether oxygens (including phenoxy) is 1. The van der Waals surface area contributed by atoms with E-state index >= 15 is 0 Å². The predicted octanol–water partition coefficient (Wildman–Crippen LogP) is 5.51. The first-order chi connectivity index (χ1) is 17.8. The van der Waals surface area contributed by atoms with Gasteiger partial charge in [-0.1, -0.05) is 12.1 Å². The zero-order valence-electron chi connectivity index (χ0n) is 21.6. The fourth-order valence-electron chi connectivity index (χ4n) is 4.92. The second-order valence-corrected chi connectivity index (χ2v) is 14.3. The van der Waals surface area contributed by atoms with Crippen LogP contribution in [0.15, 0.2) is 53.1 Å². The third-order valence-electron chi connectivity index (χ3n) is 6.97. The molecule has 2 aliphatic heterocycles. The summed E-state index contributed by atoms with van der Waals surface area (Å²) in [6.45, 7) is 8.56. The molecule has 37 heavy (non-hydrogen) atoms. The Hall–Kier alpha value is -2.61. The highest BCUT2D eigenvalue weighted by Crippen LogP contribution is 2.39. The van der Waals surface area contributed by atoms with E-state index in [-0.39, 0.29) is 0 Å². The summed E-state index contributed by atoms with van der Waals surface area (Å²) in [7, 11) is -0.258. The van der Waals surface area contributed by atoms with Gasteiger partial charge in [0.15, 0.2) is 0 Å². The molecule has 0 atom stereocenters. The van der Waals surface area contributed by atoms with E-state index in [1.807, 2.05) is 36.4 Å². The van der Waals surface area contributed by atoms with Crippen molar-refractivity contribution in [1.29, 1.82) is 0 Å². The Kier molecular flexibility index (Phi) is 7.75. The highest BCUT2D eigenvalue weighted by atomic mass is 79.9. The fourth-order valence-corrected chi connectivity index (χ4v) is 6.37. The second kappa shape index (κ2) is 11.0. The van der Waals surface area contributed by atoms with Crippen LogP contribution in [0.1, 0.15) is 12.8 Å². The van der Waals surface area contributed by atoms with Gasteiger partial charge in [0.25, 0.3) is 0 Å². The number of hydrogen-bond donors (Lipinski definition) is 2. The summed E-state index contributed by atoms with van der Waals surface area (Å²) >= 11 is 3.54. The maximum Gasteiger partial charge on any atom is 0.229 e. The average Bonchev–Trinajstić information content (AvgIpc) is 2.87. The summed E-state index contributed by atoms with van der Waals surface area (Å²) < 4.78 is 19.5. The van der Waals surface area contributed by atoms with E-state index in [0.717, 1.165) is 47.1 Å². The van der Waals surface area contributed by atoms with Crippen molar-refractivity contribution in [3.05, 3.63) is 53.1 Å². The summed E-state index contributed by atoms with van der Waals surface area (Å²) in [6, 6.07) is 13.8. The van der Waals surface area contributed by atoms with Gasteiger partial charge in [-0.2, -0.15) is 4.98 Å². The van der Waals surface area contributed by atoms with Crippen molar-refractivity contribution in [1.82, 2.24) is 14.9 Å². The lowest BCUT2D eigenvalue weighted by molar-refractivity contribution is 0.217. The highest BCUT2D eigenvalue weighted by Gasteiger charge is 2.24. The second-order valence-electron chi connectivity index (χ2n) is 10.2. The summed E-state index contributed by atoms with van der Waals surface area (Å²) in [5.74, 6) is 2.66. The summed E-state index contributed by atoms with van der Waals surface area (Å²) in [5, 5.41) is 7.42. The van der Waals surface area contributed by atoms with E-state index in [1.165, 1.54) is 25.9 Å². The molecule has 0 radical (unpaired) electrons. The molecule has 2 aromatic carbocycles. The summed E-state index contributed by atoms with van der Waals surface area (Å²) in [5.41, 5.74) is 2.78. The molecule has 0 unspecified atom stereocenters. The van der Waals surface area contributed by atoms with Crippen LogP contribution in [-0.2, 0) is 4.57 Å². The first-order valence-electron chi connectivity index (χ1n) is 12.7. The van der Waals surface area contributed by atoms with Crippen LogP contribution in [0.2, 0.25) is 0 Å². The van der Waals surface area contributed by atoms with E-state index < -0.39 is 7.14 Å². The quantitative estimate of drug-likeness (QED) is 0.351. The zero-order chi connectivity index (χ0) is 26.0. The zero-order valence-corrected chi connectivity index (χ0v) is 24.1. The SMILES string of the molecule is CN1CCC(CN2CCOc3cc(Nc4ncc(Br)c(Nc5ccccc5P(C)(C)=O)n4)ccc32)CC1. The fraction of sp³-hybridized carbons (Fsp3) is 0.407. The van der Waals surface area contributed by atoms with Crippen molar-refractivity contribution < 1.29 is 9.30 Å². The monoisotopic (exact) mass is 584 g/mol. The number of anilines is 5. The number of aromatic nitrogens is 2. The lowest BCUT2D eigenvalue weighted by atomic mass is 9.96. The van der Waals surface area contributed by atoms with E-state index in [9.17, 15) is 4.57 Å². The number of nitrogens with one attached hydrogen (secondary N) is 2. The molecule has 5 rings (SSSR count). The molecule has 2 N–H and O–H groups in total. The number of benzene rings is 2. The van der Waals surface area contributed by atoms with Crippen LogP contribution in [0.5, 0.6) is 5.75 Å². The number of piperidine rings is 1. The van der Waals surface area contributed by atoms with Crippen LogP contribution in [0.25, 0.3) is 0 Å². The predicted molar refractivity (Wildman–Crippen MR) is 156 cm³/mol. The molecule has 2 aliphatic rings. The smallest absolute Gasteiger partial charge is 0.229 e. The first kappa shape index (κ1) is 26.0. The number of rotatable bonds is 7. The Morgan fingerprint density at radius 1 is 1.11 bits per heavy atom. The van der Waals surface area contributed by atoms with Crippen LogP contribution in [-0.4, -0.2) is 68.0 Å². The molecule has 0 amide bonds. The molecular formula is C27H34BrN6O2P. The van der Waals surface area contributed by atoms with Crippen molar-refractivity contribution in [2.24, 2.45) is 5.92 Å². The van der Waals surface area contributed by atoms with Gasteiger partial charge >= 0.3 is 0 Å². The first-order valence-corrected chi connectivity index (χ1v) is 16.1. The molecule has 3 aromatic rings. The van der Waals surface area contributed by atoms with Crippen LogP contribution >= 0.6 is 23.1 Å². The molecular weight excluding hydrogens is 551 g/mol. The third-order valence-corrected chi connectivity index (χ3v) is 9.10. The maximum atomic E-state index is 12.8. The van der Waals surface area contributed by atoms with Gasteiger partial charge in [0, 0.05) is 29.8 Å². The molecule has 0 bridgehead atoms. The van der Waals surface area contributed by atoms with Gasteiger partial charge in [0.05, 0.1) is 22.4 Å². The standard InChI is InChI=1S/C27H34BrN6O2P/c1-33-12-10-19(11-13-33)18-34-14-15-36-24-16-20(8-9-23(24)34)30-27-29-17-21(28)26(32-27)31-22-6-4-5-7-25(22)37(2,3)35/h4-9,16-17,19H,10-15,18H2,1-3H3,(H2,29,30,31,32). The maximum absolute atomic E-state index is 12.8. The Morgan fingerprint density at radius 2 is 1.89 bits per heavy atom. The van der Waals surface area contributed by atoms with Crippen LogP contribution < -0.4 is 25.6 Å². The van der Waals surface area contributed by atoms with Crippen molar-refractivity contribution in [3.63, 3.8) is 0 Å². The largest absolute Gasteiger partial charge is 0.489 e. The number of likely N-dealkylation sites (tertiary alicyclic amines) is 1. The summed E-state index contributed by atoms with van der Waals surface area (Å²) in [6.07, 6.45) is 4.20. The minimum atomic E-state index is -2.46. The van der Waals surface area contributed by atoms with Gasteiger partial charge in [0.1, 0.15) is 25.3 Å². The van der Waals surface area contributed by atoms with Gasteiger partial charge in [-0.05, 0) is 92.4 Å². The van der Waals surface area contributed by atoms with Crippen molar-refractivity contribution in [3.8, 4) is 5.75 Å². The number of fused-ring (bicyclic) bond motifs is 1. The number of nitrogens with zero attached hydrogens (tertiary/aromatic N) is 4. The van der Waals surface area contributed by atoms with E-state index in [0.29, 0.717) is 22.8 Å². The minimum Gasteiger partial charge on any atom is -0.489 e. The molecule has 0 aliphatic carbocycles. The van der Waals surface area contributed by atoms with Gasteiger partial charge in [-0.25, -0.2) is 4.98 Å². The molecule has 3 heterocycles. The average molecular weight is 585 g/mol. The molecule has 1 saturated heterocycles. The Balaban J connectivity index is 1.31. The molecule has 0 saturated carbocycles. The Labute approximate surface area is 227 Å². The van der Waals surface area contributed by atoms with E-state index in [4.69, 9.17) is 4.74 Å². The minimum absolute atomic E-state index is 0.457. The number of para-hydroxylation sites is 1. The van der Waals surface area contributed by atoms with Gasteiger partial charge in [-0.3, -0.25) is 0 Å². The Morgan fingerprint density at radius 3 is 2.68 bits per heavy atom. The molecule has 10 heteroatoms. The number of halogens is 1. The van der Waals surface area contributed by atoms with Crippen LogP contribution in [0.4, 0.5) is 28.8 Å². The molecule has 0 spiro atoms. The van der Waals surface area contributed by atoms with E-state index in [1.54, 1.807) is 19.5 Å². The topological polar surface area (TPSA) is 82.6 Å². The molecule has 8 nitrogen and oxygen atoms in total. The lowest BCUT2D eigenvalue weighted by Crippen LogP contribution is -2.40.